The third-order valence-corrected chi connectivity index (χ3v) is 10.1. The summed E-state index contributed by atoms with van der Waals surface area (Å²) in [5.74, 6) is 0.710. The van der Waals surface area contributed by atoms with E-state index in [4.69, 9.17) is 19.9 Å². The Morgan fingerprint density at radius 1 is 0.259 bits per heavy atom. The van der Waals surface area contributed by atoms with Crippen LogP contribution in [0.4, 0.5) is 0 Å². The maximum absolute atomic E-state index is 5.27. The van der Waals surface area contributed by atoms with E-state index in [-0.39, 0.29) is 0 Å². The zero-order valence-electron chi connectivity index (χ0n) is 29.3. The molecule has 252 valence electrons. The standard InChI is InChI=1S/C50H32N4/c1-4-12-35(13-5-1)43-30-29-42-45(51-43)31-28-41-40-18-10-11-19-44(40)52-49(48(41)42)38-26-22-34(23-27-38)33-20-24-37(25-21-33)47-32-46(36-14-6-2-7-15-36)53-50(54-47)39-16-8-3-9-17-39/h1-32H. The molecule has 0 saturated carbocycles. The van der Waals surface area contributed by atoms with Gasteiger partial charge in [0.1, 0.15) is 0 Å². The van der Waals surface area contributed by atoms with Gasteiger partial charge in [-0.25, -0.2) is 19.9 Å². The molecule has 0 fully saturated rings. The SMILES string of the molecule is c1ccc(-c2cc(-c3ccc(-c4ccc(-c5nc6ccccc6c6ccc7nc(-c8ccccc8)ccc7c56)cc4)cc3)nc(-c3ccccc3)n2)cc1. The Morgan fingerprint density at radius 3 is 1.39 bits per heavy atom. The topological polar surface area (TPSA) is 51.6 Å². The van der Waals surface area contributed by atoms with Gasteiger partial charge in [-0.15, -0.1) is 0 Å². The Morgan fingerprint density at radius 2 is 0.741 bits per heavy atom. The summed E-state index contributed by atoms with van der Waals surface area (Å²) in [6.45, 7) is 0. The van der Waals surface area contributed by atoms with Crippen LogP contribution in [0.2, 0.25) is 0 Å². The Bertz CT molecular complexity index is 2890. The molecule has 0 unspecified atom stereocenters. The first-order valence-electron chi connectivity index (χ1n) is 18.1. The van der Waals surface area contributed by atoms with Gasteiger partial charge in [-0.2, -0.15) is 0 Å². The van der Waals surface area contributed by atoms with Gasteiger partial charge in [-0.1, -0.05) is 164 Å². The van der Waals surface area contributed by atoms with E-state index in [1.165, 1.54) is 5.39 Å². The lowest BCUT2D eigenvalue weighted by molar-refractivity contribution is 1.18. The zero-order chi connectivity index (χ0) is 35.8. The molecule has 0 N–H and O–H groups in total. The van der Waals surface area contributed by atoms with Crippen molar-refractivity contribution in [2.75, 3.05) is 0 Å². The van der Waals surface area contributed by atoms with Crippen molar-refractivity contribution in [3.05, 3.63) is 194 Å². The second-order valence-electron chi connectivity index (χ2n) is 13.4. The van der Waals surface area contributed by atoms with E-state index in [1.807, 2.05) is 42.5 Å². The van der Waals surface area contributed by atoms with Crippen molar-refractivity contribution in [1.29, 1.82) is 0 Å². The summed E-state index contributed by atoms with van der Waals surface area (Å²) < 4.78 is 0. The highest BCUT2D eigenvalue weighted by Gasteiger charge is 2.16. The molecule has 3 aromatic heterocycles. The van der Waals surface area contributed by atoms with Crippen LogP contribution in [0, 0.1) is 0 Å². The van der Waals surface area contributed by atoms with Crippen molar-refractivity contribution >= 4 is 32.6 Å². The van der Waals surface area contributed by atoms with E-state index in [1.54, 1.807) is 0 Å². The largest absolute Gasteiger partial charge is 0.248 e. The van der Waals surface area contributed by atoms with Gasteiger partial charge < -0.3 is 0 Å². The predicted molar refractivity (Wildman–Crippen MR) is 223 cm³/mol. The summed E-state index contributed by atoms with van der Waals surface area (Å²) in [7, 11) is 0. The first-order chi connectivity index (χ1) is 26.7. The van der Waals surface area contributed by atoms with Crippen molar-refractivity contribution in [2.45, 2.75) is 0 Å². The Kier molecular flexibility index (Phi) is 7.77. The number of benzene rings is 7. The molecule has 10 rings (SSSR count). The Balaban J connectivity index is 1.02. The fourth-order valence-electron chi connectivity index (χ4n) is 7.36. The van der Waals surface area contributed by atoms with Gasteiger partial charge in [-0.05, 0) is 46.8 Å². The lowest BCUT2D eigenvalue weighted by Gasteiger charge is -2.14. The Labute approximate surface area is 313 Å². The molecule has 0 bridgehead atoms. The second-order valence-corrected chi connectivity index (χ2v) is 13.4. The normalized spacial score (nSPS) is 11.3. The number of nitrogens with zero attached hydrogens (tertiary/aromatic N) is 4. The molecule has 3 heterocycles. The summed E-state index contributed by atoms with van der Waals surface area (Å²) in [5.41, 5.74) is 13.1. The summed E-state index contributed by atoms with van der Waals surface area (Å²) in [6.07, 6.45) is 0. The van der Waals surface area contributed by atoms with Crippen LogP contribution in [0.1, 0.15) is 0 Å². The van der Waals surface area contributed by atoms with Crippen LogP contribution in [-0.2, 0) is 0 Å². The van der Waals surface area contributed by atoms with E-state index >= 15 is 0 Å². The van der Waals surface area contributed by atoms with Gasteiger partial charge in [0.25, 0.3) is 0 Å². The van der Waals surface area contributed by atoms with Crippen LogP contribution in [-0.4, -0.2) is 19.9 Å². The molecule has 0 saturated heterocycles. The summed E-state index contributed by atoms with van der Waals surface area (Å²) >= 11 is 0. The molecule has 4 heteroatoms. The fraction of sp³-hybridized carbons (Fsp3) is 0. The number of fused-ring (bicyclic) bond motifs is 5. The number of pyridine rings is 2. The highest BCUT2D eigenvalue weighted by atomic mass is 14.9. The van der Waals surface area contributed by atoms with E-state index in [0.29, 0.717) is 5.82 Å². The summed E-state index contributed by atoms with van der Waals surface area (Å²) in [5, 5.41) is 4.52. The van der Waals surface area contributed by atoms with Crippen molar-refractivity contribution in [1.82, 2.24) is 19.9 Å². The molecule has 54 heavy (non-hydrogen) atoms. The van der Waals surface area contributed by atoms with Crippen molar-refractivity contribution < 1.29 is 0 Å². The third kappa shape index (κ3) is 5.76. The first kappa shape index (κ1) is 31.4. The fourth-order valence-corrected chi connectivity index (χ4v) is 7.36. The van der Waals surface area contributed by atoms with Crippen LogP contribution >= 0.6 is 0 Å². The number of aromatic nitrogens is 4. The summed E-state index contributed by atoms with van der Waals surface area (Å²) in [4.78, 5) is 20.3. The van der Waals surface area contributed by atoms with Gasteiger partial charge in [0.05, 0.1) is 33.8 Å². The minimum absolute atomic E-state index is 0.710. The molecule has 7 aromatic carbocycles. The molecule has 0 amide bonds. The maximum Gasteiger partial charge on any atom is 0.160 e. The lowest BCUT2D eigenvalue weighted by Crippen LogP contribution is -1.95. The van der Waals surface area contributed by atoms with E-state index in [9.17, 15) is 0 Å². The predicted octanol–water partition coefficient (Wildman–Crippen LogP) is 12.7. The second kappa shape index (κ2) is 13.4. The molecule has 0 spiro atoms. The van der Waals surface area contributed by atoms with Crippen molar-refractivity contribution in [2.24, 2.45) is 0 Å². The smallest absolute Gasteiger partial charge is 0.160 e. The molecular formula is C50H32N4. The van der Waals surface area contributed by atoms with E-state index in [0.717, 1.165) is 88.9 Å². The van der Waals surface area contributed by atoms with Crippen molar-refractivity contribution in [3.8, 4) is 67.5 Å². The van der Waals surface area contributed by atoms with Gasteiger partial charge in [0.15, 0.2) is 5.82 Å². The molecule has 4 nitrogen and oxygen atoms in total. The molecule has 0 radical (unpaired) electrons. The van der Waals surface area contributed by atoms with Gasteiger partial charge in [-0.3, -0.25) is 0 Å². The van der Waals surface area contributed by atoms with Crippen molar-refractivity contribution in [3.63, 3.8) is 0 Å². The maximum atomic E-state index is 5.27. The average Bonchev–Trinajstić information content (AvgIpc) is 3.26. The minimum atomic E-state index is 0.710. The van der Waals surface area contributed by atoms with Crippen LogP contribution < -0.4 is 0 Å². The van der Waals surface area contributed by atoms with Crippen LogP contribution in [0.5, 0.6) is 0 Å². The quantitative estimate of drug-likeness (QED) is 0.163. The molecule has 0 atom stereocenters. The van der Waals surface area contributed by atoms with Crippen LogP contribution in [0.25, 0.3) is 100 Å². The average molecular weight is 689 g/mol. The summed E-state index contributed by atoms with van der Waals surface area (Å²) in [6, 6.07) is 67.3. The van der Waals surface area contributed by atoms with Crippen LogP contribution in [0.3, 0.4) is 0 Å². The third-order valence-electron chi connectivity index (χ3n) is 10.1. The molecule has 0 aliphatic carbocycles. The number of para-hydroxylation sites is 1. The van der Waals surface area contributed by atoms with E-state index in [2.05, 4.69) is 152 Å². The monoisotopic (exact) mass is 688 g/mol. The van der Waals surface area contributed by atoms with Crippen LogP contribution in [0.15, 0.2) is 194 Å². The van der Waals surface area contributed by atoms with E-state index < -0.39 is 0 Å². The Hall–Kier alpha value is -7.30. The van der Waals surface area contributed by atoms with Gasteiger partial charge in [0, 0.05) is 44.0 Å². The number of hydrogen-bond donors (Lipinski definition) is 0. The highest BCUT2D eigenvalue weighted by molar-refractivity contribution is 6.20. The lowest BCUT2D eigenvalue weighted by atomic mass is 9.95. The molecular weight excluding hydrogens is 657 g/mol. The molecule has 10 aromatic rings. The van der Waals surface area contributed by atoms with Gasteiger partial charge in [0.2, 0.25) is 0 Å². The number of rotatable bonds is 6. The first-order valence-corrected chi connectivity index (χ1v) is 18.1. The van der Waals surface area contributed by atoms with Gasteiger partial charge >= 0.3 is 0 Å². The zero-order valence-corrected chi connectivity index (χ0v) is 29.3. The molecule has 0 aliphatic rings. The number of hydrogen-bond acceptors (Lipinski definition) is 4. The molecule has 0 aliphatic heterocycles. The minimum Gasteiger partial charge on any atom is -0.248 e. The highest BCUT2D eigenvalue weighted by Crippen LogP contribution is 2.38.